The number of carbonyl (C=O) groups is 1. The lowest BCUT2D eigenvalue weighted by Crippen LogP contribution is -2.20. The van der Waals surface area contributed by atoms with Gasteiger partial charge in [-0.1, -0.05) is 109 Å². The molecule has 172 valence electrons. The van der Waals surface area contributed by atoms with Gasteiger partial charge in [0.05, 0.1) is 5.57 Å². The summed E-state index contributed by atoms with van der Waals surface area (Å²) in [5.41, 5.74) is 3.07. The van der Waals surface area contributed by atoms with Crippen molar-refractivity contribution < 1.29 is 15.0 Å². The molecule has 0 heterocycles. The predicted molar refractivity (Wildman–Crippen MR) is 132 cm³/mol. The van der Waals surface area contributed by atoms with E-state index in [9.17, 15) is 15.0 Å². The van der Waals surface area contributed by atoms with Gasteiger partial charge in [0, 0.05) is 0 Å². The van der Waals surface area contributed by atoms with Crippen molar-refractivity contribution in [2.75, 3.05) is 0 Å². The zero-order valence-corrected chi connectivity index (χ0v) is 21.0. The lowest BCUT2D eigenvalue weighted by atomic mass is 10.0. The Bertz CT molecular complexity index is 561. The number of rotatable bonds is 17. The van der Waals surface area contributed by atoms with Gasteiger partial charge in [-0.05, 0) is 32.1 Å². The Morgan fingerprint density at radius 2 is 1.30 bits per heavy atom. The van der Waals surface area contributed by atoms with Crippen LogP contribution in [-0.2, 0) is 4.79 Å². The molecule has 1 atom stereocenters. The minimum atomic E-state index is -1.62. The maximum Gasteiger partial charge on any atom is 0.334 e. The van der Waals surface area contributed by atoms with E-state index in [1.54, 1.807) is 6.08 Å². The molecular weight excluding hydrogens is 388 g/mol. The minimum Gasteiger partial charge on any atom is -0.478 e. The number of aliphatic hydroxyl groups is 1. The largest absolute Gasteiger partial charge is 0.478 e. The molecule has 0 aromatic heterocycles. The molecule has 0 radical (unpaired) electrons. The molecule has 0 aliphatic carbocycles. The zero-order chi connectivity index (χ0) is 22.7. The van der Waals surface area contributed by atoms with Gasteiger partial charge in [-0.25, -0.2) is 4.79 Å². The van der Waals surface area contributed by atoms with Gasteiger partial charge in [-0.2, -0.15) is 0 Å². The van der Waals surface area contributed by atoms with E-state index < -0.39 is 20.1 Å². The maximum absolute atomic E-state index is 11.4. The maximum atomic E-state index is 11.4. The van der Waals surface area contributed by atoms with Crippen LogP contribution in [0, 0.1) is 11.5 Å². The number of hydrogen-bond acceptors (Lipinski definition) is 2. The van der Waals surface area contributed by atoms with Crippen molar-refractivity contribution in [1.29, 1.82) is 0 Å². The molecule has 0 saturated carbocycles. The monoisotopic (exact) mass is 434 g/mol. The molecule has 0 rings (SSSR count). The molecular formula is C26H46O3Si. The summed E-state index contributed by atoms with van der Waals surface area (Å²) in [4.78, 5) is 11.4. The van der Waals surface area contributed by atoms with Crippen molar-refractivity contribution in [3.8, 4) is 11.5 Å². The first-order valence-corrected chi connectivity index (χ1v) is 15.6. The molecule has 3 nitrogen and oxygen atoms in total. The van der Waals surface area contributed by atoms with Crippen molar-refractivity contribution >= 4 is 14.0 Å². The molecule has 0 bridgehead atoms. The number of unbranched alkanes of at least 4 members (excludes halogenated alkanes) is 12. The van der Waals surface area contributed by atoms with E-state index >= 15 is 0 Å². The van der Waals surface area contributed by atoms with Gasteiger partial charge in [-0.15, -0.1) is 5.54 Å². The van der Waals surface area contributed by atoms with E-state index in [4.69, 9.17) is 0 Å². The van der Waals surface area contributed by atoms with Crippen LogP contribution >= 0.6 is 0 Å². The van der Waals surface area contributed by atoms with Gasteiger partial charge in [0.25, 0.3) is 0 Å². The zero-order valence-electron chi connectivity index (χ0n) is 20.0. The second-order valence-electron chi connectivity index (χ2n) is 9.26. The minimum absolute atomic E-state index is 0.0287. The molecule has 0 unspecified atom stereocenters. The third-order valence-electron chi connectivity index (χ3n) is 4.96. The van der Waals surface area contributed by atoms with Crippen LogP contribution in [0.2, 0.25) is 19.6 Å². The van der Waals surface area contributed by atoms with Crippen LogP contribution in [0.15, 0.2) is 23.8 Å². The third kappa shape index (κ3) is 18.7. The first-order valence-electron chi connectivity index (χ1n) is 12.1. The topological polar surface area (TPSA) is 57.5 Å². The Labute approximate surface area is 187 Å². The fourth-order valence-corrected chi connectivity index (χ4v) is 3.71. The number of carboxylic acid groups (broad SMARTS) is 1. The number of aliphatic carboxylic acids is 1. The number of aliphatic hydroxyl groups excluding tert-OH is 1. The predicted octanol–water partition coefficient (Wildman–Crippen LogP) is 7.28. The normalized spacial score (nSPS) is 13.3. The molecule has 2 N–H and O–H groups in total. The van der Waals surface area contributed by atoms with Gasteiger partial charge >= 0.3 is 5.97 Å². The summed E-state index contributed by atoms with van der Waals surface area (Å²) >= 11 is 0. The van der Waals surface area contributed by atoms with Crippen LogP contribution < -0.4 is 0 Å². The molecule has 4 heteroatoms. The summed E-state index contributed by atoms with van der Waals surface area (Å²) in [5.74, 6) is 1.66. The highest BCUT2D eigenvalue weighted by Gasteiger charge is 2.16. The Hall–Kier alpha value is -1.31. The van der Waals surface area contributed by atoms with Crippen LogP contribution in [-0.4, -0.2) is 30.4 Å². The van der Waals surface area contributed by atoms with Crippen LogP contribution in [0.1, 0.15) is 96.8 Å². The summed E-state index contributed by atoms with van der Waals surface area (Å²) in [6, 6.07) is 0. The van der Waals surface area contributed by atoms with Crippen LogP contribution in [0.3, 0.4) is 0 Å². The molecule has 0 aromatic carbocycles. The van der Waals surface area contributed by atoms with Gasteiger partial charge < -0.3 is 10.2 Å². The SMILES string of the molecule is CCCC/C=C\CCCCCCCCCCC/C=C(/C(=O)O)[C@@H](O)C#C[Si](C)(C)C. The standard InChI is InChI=1S/C26H46O3Si/c1-5-6-7-8-9-10-11-12-13-14-15-16-17-18-19-20-21-24(26(28)29)25(27)22-23-30(2,3)4/h8-9,21,25,27H,5-7,10-20H2,1-4H3,(H,28,29)/b9-8-,24-21+/t25-/m0/s1. The van der Waals surface area contributed by atoms with Crippen molar-refractivity contribution in [2.45, 2.75) is 123 Å². The lowest BCUT2D eigenvalue weighted by Gasteiger charge is -2.08. The average Bonchev–Trinajstić information content (AvgIpc) is 2.67. The van der Waals surface area contributed by atoms with E-state index in [-0.39, 0.29) is 5.57 Å². The first-order chi connectivity index (χ1) is 14.3. The highest BCUT2D eigenvalue weighted by molar-refractivity contribution is 6.83. The average molecular weight is 435 g/mol. The molecule has 0 aliphatic heterocycles. The van der Waals surface area contributed by atoms with Crippen molar-refractivity contribution in [1.82, 2.24) is 0 Å². The first kappa shape index (κ1) is 28.7. The van der Waals surface area contributed by atoms with Gasteiger partial charge in [-0.3, -0.25) is 0 Å². The molecule has 0 aliphatic rings. The van der Waals surface area contributed by atoms with E-state index in [0.29, 0.717) is 6.42 Å². The molecule has 0 amide bonds. The summed E-state index contributed by atoms with van der Waals surface area (Å²) in [7, 11) is -1.62. The number of hydrogen-bond donors (Lipinski definition) is 2. The van der Waals surface area contributed by atoms with Crippen LogP contribution in [0.25, 0.3) is 0 Å². The smallest absolute Gasteiger partial charge is 0.334 e. The molecule has 0 fully saturated rings. The second kappa shape index (κ2) is 18.5. The summed E-state index contributed by atoms with van der Waals surface area (Å²) in [6.07, 6.45) is 22.1. The fraction of sp³-hybridized carbons (Fsp3) is 0.731. The van der Waals surface area contributed by atoms with Crippen molar-refractivity contribution in [3.63, 3.8) is 0 Å². The van der Waals surface area contributed by atoms with E-state index in [1.165, 1.54) is 70.6 Å². The highest BCUT2D eigenvalue weighted by Crippen LogP contribution is 2.13. The number of carboxylic acids is 1. The molecule has 30 heavy (non-hydrogen) atoms. The quantitative estimate of drug-likeness (QED) is 0.0831. The Morgan fingerprint density at radius 3 is 1.77 bits per heavy atom. The van der Waals surface area contributed by atoms with Crippen molar-refractivity contribution in [3.05, 3.63) is 23.8 Å². The van der Waals surface area contributed by atoms with Gasteiger partial charge in [0.15, 0.2) is 0 Å². The lowest BCUT2D eigenvalue weighted by molar-refractivity contribution is -0.133. The fourth-order valence-electron chi connectivity index (χ4n) is 3.14. The van der Waals surface area contributed by atoms with Crippen LogP contribution in [0.4, 0.5) is 0 Å². The van der Waals surface area contributed by atoms with Crippen LogP contribution in [0.5, 0.6) is 0 Å². The third-order valence-corrected chi connectivity index (χ3v) is 5.85. The Morgan fingerprint density at radius 1 is 0.833 bits per heavy atom. The van der Waals surface area contributed by atoms with E-state index in [1.807, 2.05) is 0 Å². The number of allylic oxidation sites excluding steroid dienone is 3. The molecule has 0 aromatic rings. The summed E-state index contributed by atoms with van der Waals surface area (Å²) < 4.78 is 0. The van der Waals surface area contributed by atoms with Gasteiger partial charge in [0.2, 0.25) is 0 Å². The van der Waals surface area contributed by atoms with E-state index in [2.05, 4.69) is 50.2 Å². The Kier molecular flexibility index (Phi) is 17.6. The second-order valence-corrected chi connectivity index (χ2v) is 14.0. The van der Waals surface area contributed by atoms with Crippen molar-refractivity contribution in [2.24, 2.45) is 0 Å². The highest BCUT2D eigenvalue weighted by atomic mass is 28.3. The van der Waals surface area contributed by atoms with E-state index in [0.717, 1.165) is 12.8 Å². The molecule has 0 saturated heterocycles. The summed E-state index contributed by atoms with van der Waals surface area (Å²) in [6.45, 7) is 8.45. The molecule has 0 spiro atoms. The summed E-state index contributed by atoms with van der Waals surface area (Å²) in [5, 5.41) is 19.4. The van der Waals surface area contributed by atoms with Gasteiger partial charge in [0.1, 0.15) is 14.2 Å². The Balaban J connectivity index is 3.78.